The van der Waals surface area contributed by atoms with Crippen molar-refractivity contribution in [1.82, 2.24) is 4.90 Å². The number of hydrogen-bond acceptors (Lipinski definition) is 4. The van der Waals surface area contributed by atoms with Crippen molar-refractivity contribution in [3.8, 4) is 0 Å². The van der Waals surface area contributed by atoms with Gasteiger partial charge in [0, 0.05) is 6.54 Å². The average Bonchev–Trinajstić information content (AvgIpc) is 3.08. The van der Waals surface area contributed by atoms with Crippen LogP contribution in [0.2, 0.25) is 0 Å². The molecule has 156 valence electrons. The molecule has 1 heterocycles. The van der Waals surface area contributed by atoms with Gasteiger partial charge in [0.1, 0.15) is 0 Å². The summed E-state index contributed by atoms with van der Waals surface area (Å²) in [6.07, 6.45) is 1.38. The number of amides is 1. The molecule has 3 aromatic rings. The molecule has 1 N–H and O–H groups in total. The van der Waals surface area contributed by atoms with Gasteiger partial charge in [0.25, 0.3) is 0 Å². The zero-order valence-electron chi connectivity index (χ0n) is 16.8. The van der Waals surface area contributed by atoms with Crippen LogP contribution in [-0.2, 0) is 17.6 Å². The molecule has 4 rings (SSSR count). The zero-order chi connectivity index (χ0) is 21.6. The first-order valence-corrected chi connectivity index (χ1v) is 11.0. The van der Waals surface area contributed by atoms with E-state index in [4.69, 9.17) is 5.11 Å². The number of carboxylic acids is 1. The number of carbonyl (C=O) groups excluding carboxylic acids is 1. The summed E-state index contributed by atoms with van der Waals surface area (Å²) < 4.78 is 0. The first kappa shape index (κ1) is 20.9. The molecule has 0 radical (unpaired) electrons. The predicted octanol–water partition coefficient (Wildman–Crippen LogP) is 4.80. The summed E-state index contributed by atoms with van der Waals surface area (Å²) in [5.41, 5.74) is 3.12. The minimum Gasteiger partial charge on any atom is -0.478 e. The van der Waals surface area contributed by atoms with E-state index in [9.17, 15) is 9.59 Å². The van der Waals surface area contributed by atoms with Gasteiger partial charge in [-0.1, -0.05) is 72.4 Å². The fraction of sp³-hybridized carbons (Fsp3) is 0.160. The van der Waals surface area contributed by atoms with Crippen LogP contribution in [0.3, 0.4) is 0 Å². The molecular formula is C25H22N2O3S. The Hall–Kier alpha value is -3.38. The van der Waals surface area contributed by atoms with Gasteiger partial charge in [0.05, 0.1) is 16.5 Å². The Morgan fingerprint density at radius 3 is 2.13 bits per heavy atom. The molecule has 1 fully saturated rings. The lowest BCUT2D eigenvalue weighted by Gasteiger charge is -2.16. The van der Waals surface area contributed by atoms with E-state index >= 15 is 0 Å². The number of rotatable bonds is 7. The van der Waals surface area contributed by atoms with Gasteiger partial charge in [-0.3, -0.25) is 9.69 Å². The van der Waals surface area contributed by atoms with Gasteiger partial charge in [-0.25, -0.2) is 9.79 Å². The lowest BCUT2D eigenvalue weighted by molar-refractivity contribution is -0.126. The van der Waals surface area contributed by atoms with Crippen molar-refractivity contribution in [2.24, 2.45) is 4.99 Å². The molecule has 0 saturated carbocycles. The van der Waals surface area contributed by atoms with Crippen LogP contribution in [0.25, 0.3) is 0 Å². The van der Waals surface area contributed by atoms with Crippen LogP contribution in [0, 0.1) is 0 Å². The lowest BCUT2D eigenvalue weighted by atomic mass is 10.1. The Morgan fingerprint density at radius 2 is 1.52 bits per heavy atom. The maximum atomic E-state index is 13.2. The highest BCUT2D eigenvalue weighted by Gasteiger charge is 2.37. The molecule has 0 bridgehead atoms. The number of carboxylic acid groups (broad SMARTS) is 1. The normalized spacial score (nSPS) is 17.3. The van der Waals surface area contributed by atoms with Crippen molar-refractivity contribution >= 4 is 34.5 Å². The van der Waals surface area contributed by atoms with Gasteiger partial charge in [0.15, 0.2) is 5.17 Å². The number of benzene rings is 3. The van der Waals surface area contributed by atoms with E-state index in [1.54, 1.807) is 17.0 Å². The van der Waals surface area contributed by atoms with Gasteiger partial charge < -0.3 is 5.11 Å². The average molecular weight is 431 g/mol. The second-order valence-corrected chi connectivity index (χ2v) is 8.44. The van der Waals surface area contributed by atoms with Crippen molar-refractivity contribution < 1.29 is 14.7 Å². The fourth-order valence-electron chi connectivity index (χ4n) is 3.43. The Bertz CT molecular complexity index is 1080. The third-order valence-corrected chi connectivity index (χ3v) is 6.27. The summed E-state index contributed by atoms with van der Waals surface area (Å²) in [6.45, 7) is 0.549. The van der Waals surface area contributed by atoms with Crippen molar-refractivity contribution in [1.29, 1.82) is 0 Å². The number of aromatic carboxylic acids is 1. The molecule has 3 aromatic carbocycles. The SMILES string of the molecule is O=C(O)c1ccc(N=C2SC(Cc3ccccc3)C(=O)N2CCc2ccccc2)cc1. The molecule has 31 heavy (non-hydrogen) atoms. The molecule has 1 amide bonds. The maximum absolute atomic E-state index is 13.2. The molecule has 0 aliphatic carbocycles. The molecule has 1 aliphatic heterocycles. The number of thioether (sulfide) groups is 1. The first-order valence-electron chi connectivity index (χ1n) is 10.1. The van der Waals surface area contributed by atoms with Crippen molar-refractivity contribution in [3.05, 3.63) is 102 Å². The Labute approximate surface area is 185 Å². The standard InChI is InChI=1S/C25H22N2O3S/c28-23-22(17-19-9-5-2-6-10-19)31-25(26-21-13-11-20(12-14-21)24(29)30)27(23)16-15-18-7-3-1-4-8-18/h1-14,22H,15-17H2,(H,29,30). The highest BCUT2D eigenvalue weighted by molar-refractivity contribution is 8.15. The number of carbonyl (C=O) groups is 2. The van der Waals surface area contributed by atoms with Crippen LogP contribution in [-0.4, -0.2) is 38.8 Å². The second kappa shape index (κ2) is 9.62. The van der Waals surface area contributed by atoms with E-state index in [1.165, 1.54) is 23.9 Å². The van der Waals surface area contributed by atoms with Crippen LogP contribution in [0.5, 0.6) is 0 Å². The third kappa shape index (κ3) is 5.22. The minimum atomic E-state index is -0.975. The molecule has 0 aromatic heterocycles. The molecule has 1 unspecified atom stereocenters. The van der Waals surface area contributed by atoms with Gasteiger partial charge in [-0.15, -0.1) is 0 Å². The van der Waals surface area contributed by atoms with Gasteiger partial charge in [0.2, 0.25) is 5.91 Å². The minimum absolute atomic E-state index is 0.0608. The zero-order valence-corrected chi connectivity index (χ0v) is 17.7. The topological polar surface area (TPSA) is 70.0 Å². The summed E-state index contributed by atoms with van der Waals surface area (Å²) >= 11 is 1.47. The van der Waals surface area contributed by atoms with Crippen LogP contribution in [0.4, 0.5) is 5.69 Å². The predicted molar refractivity (Wildman–Crippen MR) is 124 cm³/mol. The van der Waals surface area contributed by atoms with E-state index in [0.717, 1.165) is 17.5 Å². The van der Waals surface area contributed by atoms with Crippen LogP contribution in [0.15, 0.2) is 89.9 Å². The summed E-state index contributed by atoms with van der Waals surface area (Å²) in [7, 11) is 0. The van der Waals surface area contributed by atoms with E-state index in [0.29, 0.717) is 23.8 Å². The van der Waals surface area contributed by atoms with E-state index < -0.39 is 5.97 Å². The molecule has 6 heteroatoms. The highest BCUT2D eigenvalue weighted by atomic mass is 32.2. The van der Waals surface area contributed by atoms with Crippen molar-refractivity contribution in [2.45, 2.75) is 18.1 Å². The summed E-state index contributed by atoms with van der Waals surface area (Å²) in [5.74, 6) is -0.914. The van der Waals surface area contributed by atoms with E-state index in [2.05, 4.69) is 17.1 Å². The Morgan fingerprint density at radius 1 is 0.903 bits per heavy atom. The van der Waals surface area contributed by atoms with E-state index in [1.807, 2.05) is 48.5 Å². The molecule has 1 atom stereocenters. The summed E-state index contributed by atoms with van der Waals surface area (Å²) in [5, 5.41) is 9.53. The van der Waals surface area contributed by atoms with Gasteiger partial charge >= 0.3 is 5.97 Å². The lowest BCUT2D eigenvalue weighted by Crippen LogP contribution is -2.34. The molecule has 1 saturated heterocycles. The van der Waals surface area contributed by atoms with Gasteiger partial charge in [-0.2, -0.15) is 0 Å². The summed E-state index contributed by atoms with van der Waals surface area (Å²) in [4.78, 5) is 30.8. The molecular weight excluding hydrogens is 408 g/mol. The molecule has 0 spiro atoms. The Kier molecular flexibility index (Phi) is 6.48. The number of nitrogens with zero attached hydrogens (tertiary/aromatic N) is 2. The summed E-state index contributed by atoms with van der Waals surface area (Å²) in [6, 6.07) is 26.4. The number of aliphatic imine (C=N–C) groups is 1. The molecule has 1 aliphatic rings. The second-order valence-electron chi connectivity index (χ2n) is 7.27. The van der Waals surface area contributed by atoms with E-state index in [-0.39, 0.29) is 16.7 Å². The third-order valence-electron chi connectivity index (χ3n) is 5.09. The number of hydrogen-bond donors (Lipinski definition) is 1. The molecule has 5 nitrogen and oxygen atoms in total. The van der Waals surface area contributed by atoms with Crippen LogP contribution in [0.1, 0.15) is 21.5 Å². The maximum Gasteiger partial charge on any atom is 0.335 e. The van der Waals surface area contributed by atoms with Crippen molar-refractivity contribution in [2.75, 3.05) is 6.54 Å². The fourth-order valence-corrected chi connectivity index (χ4v) is 4.66. The highest BCUT2D eigenvalue weighted by Crippen LogP contribution is 2.32. The Balaban J connectivity index is 1.57. The van der Waals surface area contributed by atoms with Gasteiger partial charge in [-0.05, 0) is 48.2 Å². The van der Waals surface area contributed by atoms with Crippen LogP contribution >= 0.6 is 11.8 Å². The van der Waals surface area contributed by atoms with Crippen molar-refractivity contribution in [3.63, 3.8) is 0 Å². The monoisotopic (exact) mass is 430 g/mol. The smallest absolute Gasteiger partial charge is 0.335 e. The van der Waals surface area contributed by atoms with Crippen LogP contribution < -0.4 is 0 Å². The first-order chi connectivity index (χ1) is 15.1. The quantitative estimate of drug-likeness (QED) is 0.584. The largest absolute Gasteiger partial charge is 0.478 e. The number of amidine groups is 1.